The normalized spacial score (nSPS) is 16.0. The largest absolute Gasteiger partial charge is 0.463 e. The highest BCUT2D eigenvalue weighted by atomic mass is 35.5. The second-order valence-electron chi connectivity index (χ2n) is 6.31. The van der Waals surface area contributed by atoms with Crippen LogP contribution in [0.15, 0.2) is 53.5 Å². The van der Waals surface area contributed by atoms with E-state index < -0.39 is 0 Å². The highest BCUT2D eigenvalue weighted by molar-refractivity contribution is 6.31. The van der Waals surface area contributed by atoms with Gasteiger partial charge in [-0.05, 0) is 48.6 Å². The third-order valence-corrected chi connectivity index (χ3v) is 4.69. The molecule has 1 amide bonds. The minimum Gasteiger partial charge on any atom is -0.463 e. The molecule has 1 unspecified atom stereocenters. The van der Waals surface area contributed by atoms with Crippen LogP contribution < -0.4 is 11.1 Å². The van der Waals surface area contributed by atoms with Gasteiger partial charge in [-0.3, -0.25) is 4.79 Å². The minimum absolute atomic E-state index is 0.0226. The summed E-state index contributed by atoms with van der Waals surface area (Å²) < 4.78 is 5.15. The molecule has 3 rings (SSSR count). The van der Waals surface area contributed by atoms with Crippen LogP contribution in [0.3, 0.4) is 0 Å². The molecule has 6 heteroatoms. The molecule has 0 bridgehead atoms. The Hall–Kier alpha value is -2.53. The smallest absolute Gasteiger partial charge is 0.282 e. The molecule has 5 nitrogen and oxygen atoms in total. The van der Waals surface area contributed by atoms with Gasteiger partial charge < -0.3 is 15.8 Å². The van der Waals surface area contributed by atoms with Gasteiger partial charge in [0.05, 0.1) is 6.04 Å². The molecule has 0 aromatic heterocycles. The van der Waals surface area contributed by atoms with Gasteiger partial charge in [0.25, 0.3) is 6.02 Å². The van der Waals surface area contributed by atoms with Gasteiger partial charge in [0.2, 0.25) is 5.91 Å². The monoisotopic (exact) mass is 371 g/mol. The average Bonchev–Trinajstić information content (AvgIpc) is 3.06. The molecule has 0 radical (unpaired) electrons. The molecule has 1 aliphatic rings. The van der Waals surface area contributed by atoms with E-state index in [4.69, 9.17) is 22.1 Å². The lowest BCUT2D eigenvalue weighted by Gasteiger charge is -2.08. The fraction of sp³-hybridized carbons (Fsp3) is 0.300. The van der Waals surface area contributed by atoms with Crippen molar-refractivity contribution in [3.8, 4) is 0 Å². The van der Waals surface area contributed by atoms with Gasteiger partial charge in [-0.1, -0.05) is 41.9 Å². The SMILES string of the molecule is NC1=NC(CCc2ccc(NC(=O)CCc3ccccc3Cl)cc2)CO1. The first kappa shape index (κ1) is 18.3. The third kappa shape index (κ3) is 5.23. The number of aliphatic imine (C=N–C) groups is 1. The number of aryl methyl sites for hydroxylation is 2. The zero-order chi connectivity index (χ0) is 18.4. The maximum Gasteiger partial charge on any atom is 0.282 e. The number of amides is 1. The maximum atomic E-state index is 12.1. The highest BCUT2D eigenvalue weighted by Gasteiger charge is 2.16. The van der Waals surface area contributed by atoms with E-state index in [9.17, 15) is 4.79 Å². The number of ether oxygens (including phenoxy) is 1. The van der Waals surface area contributed by atoms with Crippen LogP contribution in [0.25, 0.3) is 0 Å². The number of amidine groups is 1. The van der Waals surface area contributed by atoms with Crippen LogP contribution in [0, 0.1) is 0 Å². The summed E-state index contributed by atoms with van der Waals surface area (Å²) in [5.41, 5.74) is 8.49. The lowest BCUT2D eigenvalue weighted by atomic mass is 10.1. The van der Waals surface area contributed by atoms with Crippen molar-refractivity contribution >= 4 is 29.2 Å². The second-order valence-corrected chi connectivity index (χ2v) is 6.71. The quantitative estimate of drug-likeness (QED) is 0.781. The first-order chi connectivity index (χ1) is 12.6. The molecule has 3 N–H and O–H groups in total. The van der Waals surface area contributed by atoms with Crippen LogP contribution in [-0.4, -0.2) is 24.6 Å². The number of halogens is 1. The predicted octanol–water partition coefficient (Wildman–Crippen LogP) is 3.56. The summed E-state index contributed by atoms with van der Waals surface area (Å²) in [7, 11) is 0. The van der Waals surface area contributed by atoms with E-state index >= 15 is 0 Å². The molecule has 1 heterocycles. The van der Waals surface area contributed by atoms with Crippen molar-refractivity contribution in [3.05, 3.63) is 64.7 Å². The number of benzene rings is 2. The van der Waals surface area contributed by atoms with Crippen LogP contribution in [0.1, 0.15) is 24.0 Å². The van der Waals surface area contributed by atoms with Crippen molar-refractivity contribution in [3.63, 3.8) is 0 Å². The molecule has 1 atom stereocenters. The number of hydrogen-bond acceptors (Lipinski definition) is 4. The third-order valence-electron chi connectivity index (χ3n) is 4.32. The topological polar surface area (TPSA) is 76.7 Å². The Morgan fingerprint density at radius 1 is 1.19 bits per heavy atom. The number of anilines is 1. The van der Waals surface area contributed by atoms with E-state index in [-0.39, 0.29) is 18.0 Å². The Kier molecular flexibility index (Phi) is 6.12. The molecule has 0 fully saturated rings. The molecule has 2 aromatic carbocycles. The number of nitrogens with two attached hydrogens (primary N) is 1. The van der Waals surface area contributed by atoms with Crippen LogP contribution in [0.5, 0.6) is 0 Å². The van der Waals surface area contributed by atoms with Crippen molar-refractivity contribution < 1.29 is 9.53 Å². The van der Waals surface area contributed by atoms with Crippen molar-refractivity contribution in [2.45, 2.75) is 31.7 Å². The molecule has 2 aromatic rings. The first-order valence-corrected chi connectivity index (χ1v) is 9.06. The van der Waals surface area contributed by atoms with Gasteiger partial charge in [0.1, 0.15) is 6.61 Å². The Morgan fingerprint density at radius 3 is 2.65 bits per heavy atom. The molecular formula is C20H22ClN3O2. The van der Waals surface area contributed by atoms with E-state index in [0.29, 0.717) is 24.5 Å². The lowest BCUT2D eigenvalue weighted by molar-refractivity contribution is -0.116. The predicted molar refractivity (Wildman–Crippen MR) is 105 cm³/mol. The fourth-order valence-corrected chi connectivity index (χ4v) is 3.08. The molecule has 0 aliphatic carbocycles. The average molecular weight is 372 g/mol. The molecule has 0 saturated carbocycles. The highest BCUT2D eigenvalue weighted by Crippen LogP contribution is 2.18. The van der Waals surface area contributed by atoms with Crippen molar-refractivity contribution in [2.24, 2.45) is 10.7 Å². The Labute approximate surface area is 158 Å². The van der Waals surface area contributed by atoms with Gasteiger partial charge in [-0.25, -0.2) is 4.99 Å². The number of rotatable bonds is 7. The van der Waals surface area contributed by atoms with Gasteiger partial charge in [0, 0.05) is 17.1 Å². The zero-order valence-electron chi connectivity index (χ0n) is 14.5. The second kappa shape index (κ2) is 8.72. The number of carbonyl (C=O) groups excluding carboxylic acids is 1. The Morgan fingerprint density at radius 2 is 1.96 bits per heavy atom. The van der Waals surface area contributed by atoms with Crippen LogP contribution >= 0.6 is 11.6 Å². The van der Waals surface area contributed by atoms with Crippen molar-refractivity contribution in [2.75, 3.05) is 11.9 Å². The van der Waals surface area contributed by atoms with E-state index in [2.05, 4.69) is 10.3 Å². The van der Waals surface area contributed by atoms with Gasteiger partial charge >= 0.3 is 0 Å². The summed E-state index contributed by atoms with van der Waals surface area (Å²) >= 11 is 6.12. The van der Waals surface area contributed by atoms with E-state index in [1.54, 1.807) is 0 Å². The molecular weight excluding hydrogens is 350 g/mol. The molecule has 136 valence electrons. The lowest BCUT2D eigenvalue weighted by Crippen LogP contribution is -2.12. The molecule has 0 spiro atoms. The van der Waals surface area contributed by atoms with Crippen LogP contribution in [-0.2, 0) is 22.4 Å². The fourth-order valence-electron chi connectivity index (χ4n) is 2.84. The number of hydrogen-bond donors (Lipinski definition) is 2. The van der Waals surface area contributed by atoms with Gasteiger partial charge in [-0.2, -0.15) is 0 Å². The summed E-state index contributed by atoms with van der Waals surface area (Å²) in [5, 5.41) is 3.62. The van der Waals surface area contributed by atoms with Gasteiger partial charge in [-0.15, -0.1) is 0 Å². The number of nitrogens with zero attached hydrogens (tertiary/aromatic N) is 1. The van der Waals surface area contributed by atoms with E-state index in [1.807, 2.05) is 48.5 Å². The summed E-state index contributed by atoms with van der Waals surface area (Å²) in [6.45, 7) is 0.561. The molecule has 1 aliphatic heterocycles. The standard InChI is InChI=1S/C20H22ClN3O2/c21-18-4-2-1-3-15(18)8-12-19(25)23-16-9-5-14(6-10-16)7-11-17-13-26-20(22)24-17/h1-6,9-10,17H,7-8,11-13H2,(H2,22,24)(H,23,25). The van der Waals surface area contributed by atoms with E-state index in [0.717, 1.165) is 24.1 Å². The van der Waals surface area contributed by atoms with Crippen LogP contribution in [0.2, 0.25) is 5.02 Å². The van der Waals surface area contributed by atoms with Crippen molar-refractivity contribution in [1.29, 1.82) is 0 Å². The minimum atomic E-state index is -0.0226. The van der Waals surface area contributed by atoms with Crippen LogP contribution in [0.4, 0.5) is 5.69 Å². The van der Waals surface area contributed by atoms with E-state index in [1.165, 1.54) is 5.56 Å². The molecule has 0 saturated heterocycles. The summed E-state index contributed by atoms with van der Waals surface area (Å²) in [4.78, 5) is 16.3. The van der Waals surface area contributed by atoms with Crippen molar-refractivity contribution in [1.82, 2.24) is 0 Å². The summed E-state index contributed by atoms with van der Waals surface area (Å²) in [6.07, 6.45) is 2.80. The summed E-state index contributed by atoms with van der Waals surface area (Å²) in [5.74, 6) is -0.0226. The molecule has 26 heavy (non-hydrogen) atoms. The number of nitrogens with one attached hydrogen (secondary N) is 1. The maximum absolute atomic E-state index is 12.1. The number of carbonyl (C=O) groups is 1. The van der Waals surface area contributed by atoms with Gasteiger partial charge in [0.15, 0.2) is 0 Å². The zero-order valence-corrected chi connectivity index (χ0v) is 15.2. The Bertz CT molecular complexity index is 790. The first-order valence-electron chi connectivity index (χ1n) is 8.68. The summed E-state index contributed by atoms with van der Waals surface area (Å²) in [6, 6.07) is 15.9. The Balaban J connectivity index is 1.44.